The molecule has 1 aromatic rings. The summed E-state index contributed by atoms with van der Waals surface area (Å²) in [5.41, 5.74) is 0.949. The van der Waals surface area contributed by atoms with E-state index in [4.69, 9.17) is 16.3 Å². The molecule has 0 unspecified atom stereocenters. The molecule has 0 atom stereocenters. The lowest BCUT2D eigenvalue weighted by molar-refractivity contribution is 0.134. The maximum absolute atomic E-state index is 12.0. The van der Waals surface area contributed by atoms with Crippen molar-refractivity contribution in [2.45, 2.75) is 13.0 Å². The average Bonchev–Trinajstić information content (AvgIpc) is 2.32. The van der Waals surface area contributed by atoms with Crippen LogP contribution < -0.4 is 0 Å². The van der Waals surface area contributed by atoms with E-state index >= 15 is 0 Å². The molecular weight excluding hydrogens is 274 g/mol. The summed E-state index contributed by atoms with van der Waals surface area (Å²) in [6.45, 7) is 1.80. The molecule has 4 nitrogen and oxygen atoms in total. The maximum atomic E-state index is 12.0. The largest absolute Gasteiger partial charge is 0.380 e. The van der Waals surface area contributed by atoms with E-state index in [2.05, 4.69) is 0 Å². The van der Waals surface area contributed by atoms with Gasteiger partial charge in [0.25, 0.3) is 0 Å². The van der Waals surface area contributed by atoms with Crippen LogP contribution >= 0.6 is 11.6 Å². The van der Waals surface area contributed by atoms with Crippen LogP contribution in [0.5, 0.6) is 0 Å². The lowest BCUT2D eigenvalue weighted by Gasteiger charge is -2.24. The second kappa shape index (κ2) is 6.02. The number of hydrogen-bond donors (Lipinski definition) is 0. The molecule has 0 aromatic heterocycles. The Labute approximate surface area is 113 Å². The Morgan fingerprint density at radius 2 is 1.94 bits per heavy atom. The van der Waals surface area contributed by atoms with Gasteiger partial charge in [0, 0.05) is 24.7 Å². The van der Waals surface area contributed by atoms with Crippen LogP contribution in [0.4, 0.5) is 0 Å². The fraction of sp³-hybridized carbons (Fsp3) is 0.500. The number of nitrogens with zero attached hydrogens (tertiary/aromatic N) is 1. The Morgan fingerprint density at radius 1 is 1.22 bits per heavy atom. The minimum Gasteiger partial charge on any atom is -0.380 e. The predicted octanol–water partition coefficient (Wildman–Crippen LogP) is 1.89. The second-order valence-electron chi connectivity index (χ2n) is 4.24. The van der Waals surface area contributed by atoms with Crippen molar-refractivity contribution < 1.29 is 13.2 Å². The van der Waals surface area contributed by atoms with Gasteiger partial charge in [-0.25, -0.2) is 8.42 Å². The minimum absolute atomic E-state index is 0.0561. The molecule has 0 radical (unpaired) electrons. The van der Waals surface area contributed by atoms with Crippen LogP contribution in [0.2, 0.25) is 5.02 Å². The van der Waals surface area contributed by atoms with Crippen molar-refractivity contribution >= 4 is 21.6 Å². The molecule has 0 N–H and O–H groups in total. The molecule has 0 aliphatic carbocycles. The van der Waals surface area contributed by atoms with E-state index < -0.39 is 10.0 Å². The molecule has 0 saturated carbocycles. The highest BCUT2D eigenvalue weighted by Gasteiger charge is 2.23. The van der Waals surface area contributed by atoms with Gasteiger partial charge in [-0.3, -0.25) is 0 Å². The molecule has 0 bridgehead atoms. The molecule has 1 fully saturated rings. The summed E-state index contributed by atoms with van der Waals surface area (Å²) in [5.74, 6) is 0.0561. The lowest BCUT2D eigenvalue weighted by Crippen LogP contribution is -2.37. The SMILES string of the molecule is O=S1(=O)CCOCCCN1Cc1ccc(Cl)cc1. The van der Waals surface area contributed by atoms with Gasteiger partial charge in [-0.15, -0.1) is 0 Å². The smallest absolute Gasteiger partial charge is 0.216 e. The van der Waals surface area contributed by atoms with Gasteiger partial charge in [0.1, 0.15) is 0 Å². The fourth-order valence-electron chi connectivity index (χ4n) is 1.85. The van der Waals surface area contributed by atoms with Gasteiger partial charge in [0.2, 0.25) is 10.0 Å². The highest BCUT2D eigenvalue weighted by Crippen LogP contribution is 2.15. The van der Waals surface area contributed by atoms with Gasteiger partial charge in [-0.2, -0.15) is 4.31 Å². The van der Waals surface area contributed by atoms with E-state index in [-0.39, 0.29) is 12.4 Å². The van der Waals surface area contributed by atoms with Crippen LogP contribution in [0.25, 0.3) is 0 Å². The Balaban J connectivity index is 2.11. The summed E-state index contributed by atoms with van der Waals surface area (Å²) in [6.07, 6.45) is 0.729. The molecule has 6 heteroatoms. The van der Waals surface area contributed by atoms with Crippen molar-refractivity contribution in [1.29, 1.82) is 0 Å². The maximum Gasteiger partial charge on any atom is 0.216 e. The van der Waals surface area contributed by atoms with E-state index in [1.54, 1.807) is 12.1 Å². The van der Waals surface area contributed by atoms with Crippen molar-refractivity contribution in [3.63, 3.8) is 0 Å². The van der Waals surface area contributed by atoms with E-state index in [0.29, 0.717) is 24.7 Å². The highest BCUT2D eigenvalue weighted by molar-refractivity contribution is 7.89. The summed E-state index contributed by atoms with van der Waals surface area (Å²) in [5, 5.41) is 0.655. The molecule has 0 amide bonds. The predicted molar refractivity (Wildman–Crippen MR) is 71.1 cm³/mol. The summed E-state index contributed by atoms with van der Waals surface area (Å²) >= 11 is 5.81. The monoisotopic (exact) mass is 289 g/mol. The summed E-state index contributed by atoms with van der Waals surface area (Å²) in [6, 6.07) is 7.26. The first kappa shape index (κ1) is 13.8. The number of hydrogen-bond acceptors (Lipinski definition) is 3. The Hall–Kier alpha value is -0.620. The first-order valence-electron chi connectivity index (χ1n) is 5.88. The van der Waals surface area contributed by atoms with E-state index in [1.807, 2.05) is 12.1 Å². The van der Waals surface area contributed by atoms with Gasteiger partial charge in [-0.05, 0) is 24.1 Å². The fourth-order valence-corrected chi connectivity index (χ4v) is 3.31. The first-order chi connectivity index (χ1) is 8.58. The average molecular weight is 290 g/mol. The van der Waals surface area contributed by atoms with Gasteiger partial charge in [0.05, 0.1) is 12.4 Å². The summed E-state index contributed by atoms with van der Waals surface area (Å²) in [4.78, 5) is 0. The molecule has 1 aliphatic heterocycles. The zero-order valence-electron chi connectivity index (χ0n) is 10.0. The number of halogens is 1. The topological polar surface area (TPSA) is 46.6 Å². The van der Waals surface area contributed by atoms with Crippen molar-refractivity contribution in [2.75, 3.05) is 25.5 Å². The summed E-state index contributed by atoms with van der Waals surface area (Å²) in [7, 11) is -3.22. The number of sulfonamides is 1. The van der Waals surface area contributed by atoms with Gasteiger partial charge < -0.3 is 4.74 Å². The molecule has 1 aromatic carbocycles. The Bertz CT molecular complexity index is 487. The van der Waals surface area contributed by atoms with Gasteiger partial charge in [-0.1, -0.05) is 23.7 Å². The van der Waals surface area contributed by atoms with Crippen molar-refractivity contribution in [1.82, 2.24) is 4.31 Å². The zero-order valence-corrected chi connectivity index (χ0v) is 11.6. The van der Waals surface area contributed by atoms with Crippen molar-refractivity contribution in [3.05, 3.63) is 34.9 Å². The molecule has 1 heterocycles. The first-order valence-corrected chi connectivity index (χ1v) is 7.87. The standard InChI is InChI=1S/C12H16ClNO3S/c13-12-4-2-11(3-5-12)10-14-6-1-7-17-8-9-18(14,15)16/h2-5H,1,6-10H2. The Kier molecular flexibility index (Phi) is 4.61. The van der Waals surface area contributed by atoms with E-state index in [1.165, 1.54) is 4.31 Å². The van der Waals surface area contributed by atoms with Gasteiger partial charge in [0.15, 0.2) is 0 Å². The quantitative estimate of drug-likeness (QED) is 0.835. The van der Waals surface area contributed by atoms with E-state index in [0.717, 1.165) is 12.0 Å². The molecule has 18 heavy (non-hydrogen) atoms. The van der Waals surface area contributed by atoms with Crippen LogP contribution in [0, 0.1) is 0 Å². The van der Waals surface area contributed by atoms with Crippen LogP contribution in [0.15, 0.2) is 24.3 Å². The van der Waals surface area contributed by atoms with Crippen LogP contribution in [0.3, 0.4) is 0 Å². The zero-order chi connectivity index (χ0) is 13.0. The Morgan fingerprint density at radius 3 is 2.67 bits per heavy atom. The van der Waals surface area contributed by atoms with Crippen LogP contribution in [-0.4, -0.2) is 38.2 Å². The minimum atomic E-state index is -3.22. The van der Waals surface area contributed by atoms with Gasteiger partial charge >= 0.3 is 0 Å². The molecular formula is C12H16ClNO3S. The van der Waals surface area contributed by atoms with Crippen LogP contribution in [-0.2, 0) is 21.3 Å². The highest BCUT2D eigenvalue weighted by atomic mass is 35.5. The molecule has 0 spiro atoms. The third-order valence-corrected chi connectivity index (χ3v) is 4.88. The third-order valence-electron chi connectivity index (χ3n) is 2.85. The van der Waals surface area contributed by atoms with E-state index in [9.17, 15) is 8.42 Å². The number of benzene rings is 1. The number of ether oxygens (including phenoxy) is 1. The normalized spacial score (nSPS) is 21.2. The molecule has 1 saturated heterocycles. The lowest BCUT2D eigenvalue weighted by atomic mass is 10.2. The van der Waals surface area contributed by atoms with Crippen molar-refractivity contribution in [2.24, 2.45) is 0 Å². The molecule has 2 rings (SSSR count). The summed E-state index contributed by atoms with van der Waals surface area (Å²) < 4.78 is 30.8. The second-order valence-corrected chi connectivity index (χ2v) is 6.77. The molecule has 100 valence electrons. The third kappa shape index (κ3) is 3.68. The molecule has 1 aliphatic rings. The number of rotatable bonds is 2. The van der Waals surface area contributed by atoms with Crippen molar-refractivity contribution in [3.8, 4) is 0 Å². The van der Waals surface area contributed by atoms with Crippen LogP contribution in [0.1, 0.15) is 12.0 Å².